The predicted molar refractivity (Wildman–Crippen MR) is 161 cm³/mol. The average molecular weight is 547 g/mol. The Balaban J connectivity index is 1.49. The maximum atomic E-state index is 13.3. The number of fused-ring (bicyclic) bond motifs is 5. The highest BCUT2D eigenvalue weighted by Crippen LogP contribution is 2.43. The number of hydrogen-bond acceptors (Lipinski definition) is 6. The topological polar surface area (TPSA) is 71.0 Å². The summed E-state index contributed by atoms with van der Waals surface area (Å²) in [5.74, 6) is 1.78. The van der Waals surface area contributed by atoms with Crippen molar-refractivity contribution in [3.8, 4) is 17.2 Å². The minimum atomic E-state index is -0.489. The van der Waals surface area contributed by atoms with E-state index < -0.39 is 5.63 Å². The average Bonchev–Trinajstić information content (AvgIpc) is 3.38. The van der Waals surface area contributed by atoms with E-state index in [1.54, 1.807) is 19.2 Å². The summed E-state index contributed by atoms with van der Waals surface area (Å²) in [4.78, 5) is 13.3. The molecule has 0 aliphatic rings. The Bertz CT molecular complexity index is 1930. The minimum Gasteiger partial charge on any atom is -0.495 e. The van der Waals surface area contributed by atoms with E-state index in [4.69, 9.17) is 23.0 Å². The fraction of sp³-hybridized carbons (Fsp3) is 0.171. The van der Waals surface area contributed by atoms with Gasteiger partial charge < -0.3 is 23.0 Å². The third-order valence-corrected chi connectivity index (χ3v) is 7.01. The van der Waals surface area contributed by atoms with E-state index in [9.17, 15) is 4.79 Å². The molecular formula is C35H30O6. The van der Waals surface area contributed by atoms with Crippen LogP contribution in [-0.2, 0) is 19.6 Å². The molecule has 4 aromatic carbocycles. The van der Waals surface area contributed by atoms with Crippen LogP contribution in [0.2, 0.25) is 0 Å². The van der Waals surface area contributed by atoms with Crippen LogP contribution >= 0.6 is 0 Å². The molecule has 2 heterocycles. The zero-order valence-electron chi connectivity index (χ0n) is 23.2. The molecule has 0 radical (unpaired) electrons. The van der Waals surface area contributed by atoms with Crippen LogP contribution in [0.15, 0.2) is 110 Å². The smallest absolute Gasteiger partial charge is 0.348 e. The van der Waals surface area contributed by atoms with Crippen LogP contribution in [0, 0.1) is 0 Å². The van der Waals surface area contributed by atoms with Crippen molar-refractivity contribution in [1.29, 1.82) is 0 Å². The van der Waals surface area contributed by atoms with Crippen LogP contribution < -0.4 is 19.8 Å². The van der Waals surface area contributed by atoms with Gasteiger partial charge in [0, 0.05) is 23.1 Å². The molecule has 0 saturated carbocycles. The molecule has 0 fully saturated rings. The first-order chi connectivity index (χ1) is 20.0. The molecule has 0 bridgehead atoms. The number of ether oxygens (including phenoxy) is 3. The molecule has 0 aliphatic heterocycles. The Hall–Kier alpha value is -4.97. The molecule has 6 nitrogen and oxygen atoms in total. The third-order valence-electron chi connectivity index (χ3n) is 7.01. The van der Waals surface area contributed by atoms with Gasteiger partial charge in [-0.2, -0.15) is 0 Å². The van der Waals surface area contributed by atoms with Crippen LogP contribution in [0.3, 0.4) is 0 Å². The van der Waals surface area contributed by atoms with Crippen LogP contribution in [-0.4, -0.2) is 7.11 Å². The monoisotopic (exact) mass is 546 g/mol. The predicted octanol–water partition coefficient (Wildman–Crippen LogP) is 8.37. The summed E-state index contributed by atoms with van der Waals surface area (Å²) in [6.45, 7) is 4.88. The number of allylic oxidation sites excluding steroid dienone is 2. The Morgan fingerprint density at radius 3 is 2.12 bits per heavy atom. The van der Waals surface area contributed by atoms with Crippen molar-refractivity contribution >= 4 is 32.9 Å². The van der Waals surface area contributed by atoms with Gasteiger partial charge in [-0.3, -0.25) is 0 Å². The van der Waals surface area contributed by atoms with Crippen LogP contribution in [0.5, 0.6) is 17.2 Å². The Morgan fingerprint density at radius 2 is 1.46 bits per heavy atom. The molecule has 6 rings (SSSR count). The highest BCUT2D eigenvalue weighted by Gasteiger charge is 2.24. The second-order valence-electron chi connectivity index (χ2n) is 10.1. The number of hydrogen-bond donors (Lipinski definition) is 0. The molecule has 0 atom stereocenters. The molecule has 0 amide bonds. The van der Waals surface area contributed by atoms with Crippen LogP contribution in [0.4, 0.5) is 0 Å². The van der Waals surface area contributed by atoms with Gasteiger partial charge in [0.1, 0.15) is 52.4 Å². The molecule has 6 heteroatoms. The number of rotatable bonds is 9. The van der Waals surface area contributed by atoms with E-state index in [1.807, 2.05) is 86.6 Å². The van der Waals surface area contributed by atoms with E-state index in [2.05, 4.69) is 6.08 Å². The summed E-state index contributed by atoms with van der Waals surface area (Å²) in [5.41, 5.74) is 4.89. The fourth-order valence-corrected chi connectivity index (χ4v) is 4.97. The van der Waals surface area contributed by atoms with E-state index >= 15 is 0 Å². The van der Waals surface area contributed by atoms with Crippen molar-refractivity contribution < 1.29 is 23.0 Å². The summed E-state index contributed by atoms with van der Waals surface area (Å²) < 4.78 is 30.5. The molecule has 0 saturated heterocycles. The lowest BCUT2D eigenvalue weighted by Crippen LogP contribution is -2.04. The summed E-state index contributed by atoms with van der Waals surface area (Å²) in [5, 5.41) is 1.61. The molecule has 0 N–H and O–H groups in total. The van der Waals surface area contributed by atoms with Crippen molar-refractivity contribution in [2.24, 2.45) is 0 Å². The van der Waals surface area contributed by atoms with Crippen molar-refractivity contribution in [2.75, 3.05) is 7.11 Å². The number of furan rings is 1. The van der Waals surface area contributed by atoms with Crippen LogP contribution in [0.1, 0.15) is 30.5 Å². The summed E-state index contributed by atoms with van der Waals surface area (Å²) in [7, 11) is 1.61. The zero-order valence-corrected chi connectivity index (χ0v) is 23.2. The Kier molecular flexibility index (Phi) is 7.21. The van der Waals surface area contributed by atoms with Crippen molar-refractivity contribution in [3.63, 3.8) is 0 Å². The highest BCUT2D eigenvalue weighted by atomic mass is 16.5. The highest BCUT2D eigenvalue weighted by molar-refractivity contribution is 6.15. The van der Waals surface area contributed by atoms with Gasteiger partial charge in [0.25, 0.3) is 0 Å². The fourth-order valence-electron chi connectivity index (χ4n) is 4.97. The maximum Gasteiger partial charge on any atom is 0.348 e. The van der Waals surface area contributed by atoms with Gasteiger partial charge in [-0.05, 0) is 43.5 Å². The lowest BCUT2D eigenvalue weighted by atomic mass is 10.0. The standard InChI is InChI=1S/C35H30O6/c1-22(2)14-16-27-28(39-21-24-12-8-5-9-13-24)19-30-32(33(27)37-3)34-31(35(36)41-30)26-17-15-25(18-29(26)40-34)38-20-23-10-6-4-7-11-23/h4-15,17-19H,16,20-21H2,1-3H3. The van der Waals surface area contributed by atoms with Gasteiger partial charge in [-0.15, -0.1) is 0 Å². The molecule has 206 valence electrons. The van der Waals surface area contributed by atoms with E-state index in [-0.39, 0.29) is 0 Å². The van der Waals surface area contributed by atoms with Gasteiger partial charge >= 0.3 is 5.63 Å². The molecule has 6 aromatic rings. The molecule has 0 unspecified atom stereocenters. The zero-order chi connectivity index (χ0) is 28.3. The normalized spacial score (nSPS) is 11.2. The van der Waals surface area contributed by atoms with E-state index in [0.717, 1.165) is 22.3 Å². The molecule has 0 spiro atoms. The first-order valence-electron chi connectivity index (χ1n) is 13.5. The molecular weight excluding hydrogens is 516 g/mol. The van der Waals surface area contributed by atoms with Crippen LogP contribution in [0.25, 0.3) is 32.9 Å². The SMILES string of the molecule is COc1c(CC=C(C)C)c(OCc2ccccc2)cc2oc(=O)c3c4ccc(OCc5ccccc5)cc4oc3c12. The van der Waals surface area contributed by atoms with Gasteiger partial charge in [0.15, 0.2) is 5.58 Å². The lowest BCUT2D eigenvalue weighted by molar-refractivity contribution is 0.300. The summed E-state index contributed by atoms with van der Waals surface area (Å²) >= 11 is 0. The van der Waals surface area contributed by atoms with E-state index in [0.29, 0.717) is 69.8 Å². The minimum absolute atomic E-state index is 0.336. The first kappa shape index (κ1) is 26.3. The van der Waals surface area contributed by atoms with Crippen molar-refractivity contribution in [3.05, 3.63) is 124 Å². The van der Waals surface area contributed by atoms with Gasteiger partial charge in [-0.25, -0.2) is 4.79 Å². The number of benzene rings is 4. The first-order valence-corrected chi connectivity index (χ1v) is 13.5. The van der Waals surface area contributed by atoms with Gasteiger partial charge in [-0.1, -0.05) is 72.3 Å². The van der Waals surface area contributed by atoms with Crippen molar-refractivity contribution in [1.82, 2.24) is 0 Å². The van der Waals surface area contributed by atoms with Gasteiger partial charge in [0.2, 0.25) is 0 Å². The molecule has 41 heavy (non-hydrogen) atoms. The number of methoxy groups -OCH3 is 1. The van der Waals surface area contributed by atoms with Crippen molar-refractivity contribution in [2.45, 2.75) is 33.5 Å². The largest absolute Gasteiger partial charge is 0.495 e. The second-order valence-corrected chi connectivity index (χ2v) is 10.1. The quantitative estimate of drug-likeness (QED) is 0.134. The Labute approximate surface area is 237 Å². The third kappa shape index (κ3) is 5.29. The summed E-state index contributed by atoms with van der Waals surface area (Å²) in [6, 6.07) is 27.1. The lowest BCUT2D eigenvalue weighted by Gasteiger charge is -2.16. The second kappa shape index (κ2) is 11.3. The maximum absolute atomic E-state index is 13.3. The Morgan fingerprint density at radius 1 is 0.780 bits per heavy atom. The van der Waals surface area contributed by atoms with Gasteiger partial charge in [0.05, 0.1) is 7.11 Å². The molecule has 0 aliphatic carbocycles. The molecule has 2 aromatic heterocycles. The summed E-state index contributed by atoms with van der Waals surface area (Å²) in [6.07, 6.45) is 2.69. The van der Waals surface area contributed by atoms with E-state index in [1.165, 1.54) is 0 Å².